The van der Waals surface area contributed by atoms with Crippen molar-refractivity contribution in [2.24, 2.45) is 0 Å². The van der Waals surface area contributed by atoms with Crippen molar-refractivity contribution in [1.82, 2.24) is 0 Å². The molecule has 0 rings (SSSR count). The lowest BCUT2D eigenvalue weighted by atomic mass is 10.1. The van der Waals surface area contributed by atoms with Crippen molar-refractivity contribution in [1.29, 1.82) is 0 Å². The second kappa shape index (κ2) is 5.69. The van der Waals surface area contributed by atoms with Crippen LogP contribution in [0.15, 0.2) is 0 Å². The summed E-state index contributed by atoms with van der Waals surface area (Å²) in [6.45, 7) is 4.18. The molecule has 2 nitrogen and oxygen atoms in total. The Labute approximate surface area is 63.5 Å². The fraction of sp³-hybridized carbons (Fsp3) is 1.00. The van der Waals surface area contributed by atoms with Crippen molar-refractivity contribution in [2.45, 2.75) is 38.9 Å². The van der Waals surface area contributed by atoms with Crippen molar-refractivity contribution < 1.29 is 9.47 Å². The molecule has 0 spiro atoms. The molecule has 0 aromatic heterocycles. The molecule has 2 atom stereocenters. The van der Waals surface area contributed by atoms with Gasteiger partial charge in [-0.05, 0) is 19.8 Å². The molecule has 2 unspecified atom stereocenters. The molecule has 0 N–H and O–H groups in total. The van der Waals surface area contributed by atoms with Gasteiger partial charge in [0.15, 0.2) is 0 Å². The predicted octanol–water partition coefficient (Wildman–Crippen LogP) is 1.84. The Bertz CT molecular complexity index is 69.7. The predicted molar refractivity (Wildman–Crippen MR) is 42.2 cm³/mol. The van der Waals surface area contributed by atoms with Crippen LogP contribution in [0.2, 0.25) is 0 Å². The lowest BCUT2D eigenvalue weighted by molar-refractivity contribution is 0.0291. The zero-order chi connectivity index (χ0) is 7.98. The third-order valence-corrected chi connectivity index (χ3v) is 1.79. The highest BCUT2D eigenvalue weighted by molar-refractivity contribution is 4.59. The van der Waals surface area contributed by atoms with Gasteiger partial charge in [0.05, 0.1) is 12.2 Å². The molecule has 0 heterocycles. The van der Waals surface area contributed by atoms with E-state index in [1.54, 1.807) is 14.2 Å². The van der Waals surface area contributed by atoms with Crippen LogP contribution in [-0.4, -0.2) is 26.4 Å². The van der Waals surface area contributed by atoms with E-state index < -0.39 is 0 Å². The number of rotatable bonds is 5. The standard InChI is InChI=1S/C8H18O2/c1-5-8(10-4)6-7(2)9-3/h7-8H,5-6H2,1-4H3. The van der Waals surface area contributed by atoms with E-state index in [0.29, 0.717) is 12.2 Å². The van der Waals surface area contributed by atoms with E-state index in [-0.39, 0.29) is 0 Å². The van der Waals surface area contributed by atoms with Gasteiger partial charge >= 0.3 is 0 Å². The third-order valence-electron chi connectivity index (χ3n) is 1.79. The minimum Gasteiger partial charge on any atom is -0.382 e. The molecule has 62 valence electrons. The van der Waals surface area contributed by atoms with Crippen LogP contribution in [0.4, 0.5) is 0 Å². The van der Waals surface area contributed by atoms with Crippen molar-refractivity contribution in [3.8, 4) is 0 Å². The molecule has 2 heteroatoms. The molecule has 0 fully saturated rings. The molecule has 10 heavy (non-hydrogen) atoms. The quantitative estimate of drug-likeness (QED) is 0.589. The van der Waals surface area contributed by atoms with E-state index >= 15 is 0 Å². The van der Waals surface area contributed by atoms with Gasteiger partial charge < -0.3 is 9.47 Å². The minimum atomic E-state index is 0.310. The Hall–Kier alpha value is -0.0800. The Morgan fingerprint density at radius 3 is 2.10 bits per heavy atom. The highest BCUT2D eigenvalue weighted by Gasteiger charge is 2.08. The molecule has 0 bridgehead atoms. The summed E-state index contributed by atoms with van der Waals surface area (Å²) in [7, 11) is 3.48. The molecular weight excluding hydrogens is 128 g/mol. The maximum atomic E-state index is 5.19. The average molecular weight is 146 g/mol. The topological polar surface area (TPSA) is 18.5 Å². The van der Waals surface area contributed by atoms with Crippen LogP contribution < -0.4 is 0 Å². The molecule has 0 amide bonds. The van der Waals surface area contributed by atoms with E-state index in [9.17, 15) is 0 Å². The molecule has 0 aliphatic carbocycles. The summed E-state index contributed by atoms with van der Waals surface area (Å²) < 4.78 is 10.3. The summed E-state index contributed by atoms with van der Waals surface area (Å²) in [6.07, 6.45) is 2.72. The number of hydrogen-bond donors (Lipinski definition) is 0. The van der Waals surface area contributed by atoms with Crippen LogP contribution >= 0.6 is 0 Å². The summed E-state index contributed by atoms with van der Waals surface area (Å²) in [5.74, 6) is 0. The van der Waals surface area contributed by atoms with E-state index in [0.717, 1.165) is 12.8 Å². The number of ether oxygens (including phenoxy) is 2. The first-order valence-corrected chi connectivity index (χ1v) is 3.80. The third kappa shape index (κ3) is 3.85. The van der Waals surface area contributed by atoms with E-state index in [1.165, 1.54) is 0 Å². The Morgan fingerprint density at radius 1 is 1.20 bits per heavy atom. The number of methoxy groups -OCH3 is 2. The summed E-state index contributed by atoms with van der Waals surface area (Å²) >= 11 is 0. The Balaban J connectivity index is 3.41. The van der Waals surface area contributed by atoms with Crippen LogP contribution in [-0.2, 0) is 9.47 Å². The maximum Gasteiger partial charge on any atom is 0.0593 e. The largest absolute Gasteiger partial charge is 0.382 e. The zero-order valence-electron chi connectivity index (χ0n) is 7.39. The minimum absolute atomic E-state index is 0.310. The average Bonchev–Trinajstić information content (AvgIpc) is 1.99. The van der Waals surface area contributed by atoms with Crippen molar-refractivity contribution in [2.75, 3.05) is 14.2 Å². The van der Waals surface area contributed by atoms with Gasteiger partial charge in [-0.3, -0.25) is 0 Å². The monoisotopic (exact) mass is 146 g/mol. The fourth-order valence-corrected chi connectivity index (χ4v) is 0.896. The number of hydrogen-bond acceptors (Lipinski definition) is 2. The fourth-order valence-electron chi connectivity index (χ4n) is 0.896. The molecule has 0 aromatic rings. The molecule has 0 aliphatic heterocycles. The molecule has 0 saturated carbocycles. The lowest BCUT2D eigenvalue weighted by Gasteiger charge is -2.16. The summed E-state index contributed by atoms with van der Waals surface area (Å²) in [4.78, 5) is 0. The Morgan fingerprint density at radius 2 is 1.80 bits per heavy atom. The van der Waals surface area contributed by atoms with Crippen molar-refractivity contribution in [3.63, 3.8) is 0 Å². The summed E-state index contributed by atoms with van der Waals surface area (Å²) in [6, 6.07) is 0. The van der Waals surface area contributed by atoms with Gasteiger partial charge in [0.25, 0.3) is 0 Å². The van der Waals surface area contributed by atoms with Crippen LogP contribution in [0, 0.1) is 0 Å². The van der Waals surface area contributed by atoms with E-state index in [2.05, 4.69) is 13.8 Å². The van der Waals surface area contributed by atoms with Gasteiger partial charge in [-0.15, -0.1) is 0 Å². The Kier molecular flexibility index (Phi) is 5.64. The normalized spacial score (nSPS) is 16.8. The lowest BCUT2D eigenvalue weighted by Crippen LogP contribution is -2.17. The molecule has 0 radical (unpaired) electrons. The first-order chi connectivity index (χ1) is 4.74. The van der Waals surface area contributed by atoms with E-state index in [1.807, 2.05) is 0 Å². The van der Waals surface area contributed by atoms with Gasteiger partial charge in [-0.25, -0.2) is 0 Å². The SMILES string of the molecule is CCC(CC(C)OC)OC. The van der Waals surface area contributed by atoms with Gasteiger partial charge in [-0.1, -0.05) is 6.92 Å². The maximum absolute atomic E-state index is 5.19. The second-order valence-electron chi connectivity index (χ2n) is 2.55. The summed E-state index contributed by atoms with van der Waals surface area (Å²) in [5.41, 5.74) is 0. The second-order valence-corrected chi connectivity index (χ2v) is 2.55. The van der Waals surface area contributed by atoms with Gasteiger partial charge in [0.2, 0.25) is 0 Å². The molecule has 0 aromatic carbocycles. The molecule has 0 aliphatic rings. The first kappa shape index (κ1) is 9.92. The van der Waals surface area contributed by atoms with Crippen LogP contribution in [0.25, 0.3) is 0 Å². The van der Waals surface area contributed by atoms with Crippen LogP contribution in [0.1, 0.15) is 26.7 Å². The molecular formula is C8H18O2. The zero-order valence-corrected chi connectivity index (χ0v) is 7.39. The van der Waals surface area contributed by atoms with Gasteiger partial charge in [-0.2, -0.15) is 0 Å². The van der Waals surface area contributed by atoms with Crippen molar-refractivity contribution >= 4 is 0 Å². The molecule has 0 saturated heterocycles. The van der Waals surface area contributed by atoms with Crippen LogP contribution in [0.5, 0.6) is 0 Å². The smallest absolute Gasteiger partial charge is 0.0593 e. The van der Waals surface area contributed by atoms with Crippen LogP contribution in [0.3, 0.4) is 0 Å². The van der Waals surface area contributed by atoms with E-state index in [4.69, 9.17) is 9.47 Å². The summed E-state index contributed by atoms with van der Waals surface area (Å²) in [5, 5.41) is 0. The van der Waals surface area contributed by atoms with Gasteiger partial charge in [0, 0.05) is 14.2 Å². The first-order valence-electron chi connectivity index (χ1n) is 3.80. The highest BCUT2D eigenvalue weighted by Crippen LogP contribution is 2.07. The highest BCUT2D eigenvalue weighted by atomic mass is 16.5. The van der Waals surface area contributed by atoms with Gasteiger partial charge in [0.1, 0.15) is 0 Å². The van der Waals surface area contributed by atoms with Crippen molar-refractivity contribution in [3.05, 3.63) is 0 Å².